The molecule has 3 aliphatic heterocycles. The van der Waals surface area contributed by atoms with Crippen LogP contribution in [0.5, 0.6) is 0 Å². The van der Waals surface area contributed by atoms with E-state index in [2.05, 4.69) is 10.3 Å². The summed E-state index contributed by atoms with van der Waals surface area (Å²) >= 11 is 0. The molecular weight excluding hydrogens is 538 g/mol. The molecule has 2 aromatic carbocycles. The molecule has 214 valence electrons. The average Bonchev–Trinajstić information content (AvgIpc) is 3.31. The van der Waals surface area contributed by atoms with Gasteiger partial charge in [0.1, 0.15) is 11.4 Å². The zero-order chi connectivity index (χ0) is 28.5. The van der Waals surface area contributed by atoms with Gasteiger partial charge in [0.25, 0.3) is 5.91 Å². The van der Waals surface area contributed by atoms with E-state index < -0.39 is 15.6 Å². The number of aliphatic imine (C=N–C) groups is 1. The summed E-state index contributed by atoms with van der Waals surface area (Å²) in [6, 6.07) is 19.5. The van der Waals surface area contributed by atoms with Gasteiger partial charge in [0.05, 0.1) is 12.2 Å². The number of nitrogens with zero attached hydrogens (tertiary/aromatic N) is 4. The average molecular weight is 574 g/mol. The topological polar surface area (TPSA) is 112 Å². The second-order valence-corrected chi connectivity index (χ2v) is 13.4. The van der Waals surface area contributed by atoms with Crippen LogP contribution in [0.4, 0.5) is 0 Å². The minimum absolute atomic E-state index is 0.0232. The number of carbonyl (C=O) groups is 2. The predicted octanol–water partition coefficient (Wildman–Crippen LogP) is 2.95. The van der Waals surface area contributed by atoms with Gasteiger partial charge in [-0.3, -0.25) is 19.6 Å². The number of hydrogen-bond donors (Lipinski definition) is 1. The molecule has 0 bridgehead atoms. The summed E-state index contributed by atoms with van der Waals surface area (Å²) in [5.74, 6) is 0.492. The number of amides is 2. The van der Waals surface area contributed by atoms with Gasteiger partial charge >= 0.3 is 0 Å². The van der Waals surface area contributed by atoms with Crippen LogP contribution in [-0.4, -0.2) is 77.7 Å². The molecule has 4 heterocycles. The first-order valence-corrected chi connectivity index (χ1v) is 16.0. The molecule has 3 aliphatic rings. The van der Waals surface area contributed by atoms with Gasteiger partial charge in [-0.15, -0.1) is 0 Å². The third kappa shape index (κ3) is 5.76. The quantitative estimate of drug-likeness (QED) is 0.467. The van der Waals surface area contributed by atoms with Crippen LogP contribution < -0.4 is 5.32 Å². The molecular formula is C31H35N5O4S. The molecule has 9 nitrogen and oxygen atoms in total. The molecule has 2 amide bonds. The Hall–Kier alpha value is -3.63. The maximum Gasteiger partial charge on any atom is 0.253 e. The van der Waals surface area contributed by atoms with E-state index in [1.165, 1.54) is 4.31 Å². The van der Waals surface area contributed by atoms with Gasteiger partial charge in [0.15, 0.2) is 0 Å². The lowest BCUT2D eigenvalue weighted by atomic mass is 9.89. The van der Waals surface area contributed by atoms with Gasteiger partial charge in [-0.1, -0.05) is 48.5 Å². The SMILES string of the molecule is O=C(Cc1ccccn1)N1CCCC(C2=NC3(CCN(S(=O)(=O)CCc4cccc5ccccc45)CC3)C(=O)N2)C1. The Labute approximate surface area is 240 Å². The van der Waals surface area contributed by atoms with E-state index in [9.17, 15) is 18.0 Å². The first kappa shape index (κ1) is 27.5. The summed E-state index contributed by atoms with van der Waals surface area (Å²) in [6.45, 7) is 1.72. The second kappa shape index (κ2) is 11.3. The number of benzene rings is 2. The van der Waals surface area contributed by atoms with Gasteiger partial charge in [-0.25, -0.2) is 12.7 Å². The van der Waals surface area contributed by atoms with E-state index in [0.29, 0.717) is 38.2 Å². The fraction of sp³-hybridized carbons (Fsp3) is 0.419. The van der Waals surface area contributed by atoms with Gasteiger partial charge in [0.2, 0.25) is 15.9 Å². The number of aromatic nitrogens is 1. The lowest BCUT2D eigenvalue weighted by molar-refractivity contribution is -0.131. The van der Waals surface area contributed by atoms with Crippen LogP contribution in [0.15, 0.2) is 71.9 Å². The number of aryl methyl sites for hydroxylation is 1. The predicted molar refractivity (Wildman–Crippen MR) is 158 cm³/mol. The molecule has 0 radical (unpaired) electrons. The Balaban J connectivity index is 1.07. The fourth-order valence-electron chi connectivity index (χ4n) is 6.28. The minimum Gasteiger partial charge on any atom is -0.342 e. The Kier molecular flexibility index (Phi) is 7.61. The molecule has 0 saturated carbocycles. The van der Waals surface area contributed by atoms with Crippen molar-refractivity contribution in [2.45, 2.75) is 44.1 Å². The smallest absolute Gasteiger partial charge is 0.253 e. The number of sulfonamides is 1. The molecule has 1 aromatic heterocycles. The summed E-state index contributed by atoms with van der Waals surface area (Å²) in [5.41, 5.74) is 0.825. The first-order valence-electron chi connectivity index (χ1n) is 14.4. The Morgan fingerprint density at radius 2 is 1.78 bits per heavy atom. The van der Waals surface area contributed by atoms with E-state index >= 15 is 0 Å². The van der Waals surface area contributed by atoms with Crippen molar-refractivity contribution in [1.29, 1.82) is 0 Å². The molecule has 2 saturated heterocycles. The third-order valence-corrected chi connectivity index (χ3v) is 10.5. The van der Waals surface area contributed by atoms with Crippen LogP contribution in [0.1, 0.15) is 36.9 Å². The molecule has 10 heteroatoms. The maximum atomic E-state index is 13.3. The molecule has 1 atom stereocenters. The summed E-state index contributed by atoms with van der Waals surface area (Å²) in [6.07, 6.45) is 4.76. The number of rotatable bonds is 7. The summed E-state index contributed by atoms with van der Waals surface area (Å²) in [4.78, 5) is 37.1. The van der Waals surface area contributed by atoms with Gasteiger partial charge < -0.3 is 10.2 Å². The van der Waals surface area contributed by atoms with Crippen LogP contribution in [0, 0.1) is 5.92 Å². The van der Waals surface area contributed by atoms with Crippen molar-refractivity contribution in [1.82, 2.24) is 19.5 Å². The van der Waals surface area contributed by atoms with Crippen LogP contribution in [0.25, 0.3) is 10.8 Å². The Bertz CT molecular complexity index is 1580. The summed E-state index contributed by atoms with van der Waals surface area (Å²) < 4.78 is 28.1. The van der Waals surface area contributed by atoms with E-state index in [1.807, 2.05) is 65.6 Å². The van der Waals surface area contributed by atoms with Crippen molar-refractivity contribution in [2.75, 3.05) is 31.9 Å². The highest BCUT2D eigenvalue weighted by Gasteiger charge is 2.48. The first-order chi connectivity index (χ1) is 19.8. The second-order valence-electron chi connectivity index (χ2n) is 11.3. The molecule has 0 aliphatic carbocycles. The Morgan fingerprint density at radius 1 is 1.00 bits per heavy atom. The van der Waals surface area contributed by atoms with E-state index in [1.54, 1.807) is 6.20 Å². The Morgan fingerprint density at radius 3 is 2.59 bits per heavy atom. The van der Waals surface area contributed by atoms with Crippen LogP contribution >= 0.6 is 0 Å². The van der Waals surface area contributed by atoms with Crippen LogP contribution in [-0.2, 0) is 32.5 Å². The van der Waals surface area contributed by atoms with E-state index in [4.69, 9.17) is 4.99 Å². The molecule has 1 unspecified atom stereocenters. The third-order valence-electron chi connectivity index (χ3n) is 8.67. The number of likely N-dealkylation sites (tertiary alicyclic amines) is 1. The highest BCUT2D eigenvalue weighted by Crippen LogP contribution is 2.34. The molecule has 1 spiro atoms. The highest BCUT2D eigenvalue weighted by atomic mass is 32.2. The number of piperidine rings is 2. The zero-order valence-electron chi connectivity index (χ0n) is 23.0. The number of hydrogen-bond acceptors (Lipinski definition) is 6. The van der Waals surface area contributed by atoms with Gasteiger partial charge in [-0.05, 0) is 60.6 Å². The molecule has 6 rings (SSSR count). The summed E-state index contributed by atoms with van der Waals surface area (Å²) in [5, 5.41) is 5.18. The van der Waals surface area contributed by atoms with E-state index in [-0.39, 0.29) is 43.0 Å². The monoisotopic (exact) mass is 573 g/mol. The largest absolute Gasteiger partial charge is 0.342 e. The maximum absolute atomic E-state index is 13.3. The van der Waals surface area contributed by atoms with Crippen molar-refractivity contribution < 1.29 is 18.0 Å². The zero-order valence-corrected chi connectivity index (χ0v) is 23.9. The van der Waals surface area contributed by atoms with Crippen molar-refractivity contribution in [2.24, 2.45) is 10.9 Å². The molecule has 2 fully saturated rings. The van der Waals surface area contributed by atoms with Crippen molar-refractivity contribution in [3.63, 3.8) is 0 Å². The molecule has 1 N–H and O–H groups in total. The number of carbonyl (C=O) groups excluding carboxylic acids is 2. The standard InChI is InChI=1S/C31H35N5O4S/c37-28(21-26-11-3-4-16-32-26)35-17-6-10-25(22-35)29-33-30(38)31(34-29)14-18-36(19-15-31)41(39,40)20-13-24-9-5-8-23-7-1-2-12-27(23)24/h1-5,7-9,11-12,16,25H,6,10,13-15,17-22H2,(H,33,34,38). The van der Waals surface area contributed by atoms with Crippen LogP contribution in [0.3, 0.4) is 0 Å². The highest BCUT2D eigenvalue weighted by molar-refractivity contribution is 7.89. The minimum atomic E-state index is -3.49. The lowest BCUT2D eigenvalue weighted by Gasteiger charge is -2.35. The number of pyridine rings is 1. The van der Waals surface area contributed by atoms with Crippen LogP contribution in [0.2, 0.25) is 0 Å². The van der Waals surface area contributed by atoms with Crippen molar-refractivity contribution in [3.8, 4) is 0 Å². The number of amidine groups is 1. The van der Waals surface area contributed by atoms with Crippen molar-refractivity contribution in [3.05, 3.63) is 78.1 Å². The van der Waals surface area contributed by atoms with Crippen molar-refractivity contribution >= 4 is 38.4 Å². The summed E-state index contributed by atoms with van der Waals surface area (Å²) in [7, 11) is -3.49. The normalized spacial score (nSPS) is 21.2. The number of fused-ring (bicyclic) bond motifs is 1. The molecule has 41 heavy (non-hydrogen) atoms. The van der Waals surface area contributed by atoms with E-state index in [0.717, 1.165) is 34.9 Å². The lowest BCUT2D eigenvalue weighted by Crippen LogP contribution is -2.51. The molecule has 3 aromatic rings. The number of nitrogens with one attached hydrogen (secondary N) is 1. The van der Waals surface area contributed by atoms with Gasteiger partial charge in [-0.2, -0.15) is 0 Å². The fourth-order valence-corrected chi connectivity index (χ4v) is 7.76. The van der Waals surface area contributed by atoms with Gasteiger partial charge in [0, 0.05) is 44.0 Å².